The van der Waals surface area contributed by atoms with Gasteiger partial charge in [-0.1, -0.05) is 18.2 Å². The van der Waals surface area contributed by atoms with Crippen molar-refractivity contribution in [2.75, 3.05) is 18.5 Å². The topological polar surface area (TPSA) is 65.4 Å². The van der Waals surface area contributed by atoms with Crippen molar-refractivity contribution >= 4 is 11.7 Å². The molecule has 0 unspecified atom stereocenters. The first-order chi connectivity index (χ1) is 13.6. The number of amides is 1. The minimum absolute atomic E-state index is 0.278. The number of ether oxygens (including phenoxy) is 2. The number of carbonyl (C=O) groups excluding carboxylic acids is 1. The highest BCUT2D eigenvalue weighted by atomic mass is 19.1. The van der Waals surface area contributed by atoms with E-state index in [-0.39, 0.29) is 18.3 Å². The van der Waals surface area contributed by atoms with Crippen LogP contribution in [0.2, 0.25) is 0 Å². The highest BCUT2D eigenvalue weighted by Crippen LogP contribution is 2.28. The molecular formula is C21H22FN3O3. The zero-order valence-electron chi connectivity index (χ0n) is 15.8. The van der Waals surface area contributed by atoms with Crippen molar-refractivity contribution in [2.24, 2.45) is 0 Å². The van der Waals surface area contributed by atoms with Crippen molar-refractivity contribution in [3.05, 3.63) is 71.7 Å². The van der Waals surface area contributed by atoms with E-state index in [4.69, 9.17) is 9.47 Å². The van der Waals surface area contributed by atoms with E-state index >= 15 is 0 Å². The third-order valence-electron chi connectivity index (χ3n) is 3.98. The lowest BCUT2D eigenvalue weighted by atomic mass is 10.2. The molecule has 0 bridgehead atoms. The fraction of sp³-hybridized carbons (Fsp3) is 0.238. The lowest BCUT2D eigenvalue weighted by molar-refractivity contribution is 0.102. The molecule has 146 valence electrons. The minimum Gasteiger partial charge on any atom is -0.490 e. The molecule has 0 saturated carbocycles. The van der Waals surface area contributed by atoms with E-state index in [0.717, 1.165) is 0 Å². The minimum atomic E-state index is -0.319. The van der Waals surface area contributed by atoms with Gasteiger partial charge in [0, 0.05) is 23.4 Å². The van der Waals surface area contributed by atoms with Crippen molar-refractivity contribution in [3.63, 3.8) is 0 Å². The first-order valence-electron chi connectivity index (χ1n) is 9.08. The molecule has 0 aliphatic rings. The summed E-state index contributed by atoms with van der Waals surface area (Å²) >= 11 is 0. The summed E-state index contributed by atoms with van der Waals surface area (Å²) in [7, 11) is 0. The summed E-state index contributed by atoms with van der Waals surface area (Å²) in [5.41, 5.74) is 0.951. The summed E-state index contributed by atoms with van der Waals surface area (Å²) < 4.78 is 26.4. The Kier molecular flexibility index (Phi) is 6.26. The number of hydrogen-bond acceptors (Lipinski definition) is 4. The van der Waals surface area contributed by atoms with Crippen LogP contribution in [0, 0.1) is 5.82 Å². The average molecular weight is 383 g/mol. The van der Waals surface area contributed by atoms with E-state index in [2.05, 4.69) is 10.4 Å². The van der Waals surface area contributed by atoms with Crippen LogP contribution in [0.1, 0.15) is 29.8 Å². The summed E-state index contributed by atoms with van der Waals surface area (Å²) in [4.78, 5) is 12.5. The van der Waals surface area contributed by atoms with Gasteiger partial charge in [-0.05, 0) is 38.1 Å². The molecule has 0 fully saturated rings. The third-order valence-corrected chi connectivity index (χ3v) is 3.98. The maximum Gasteiger partial charge on any atom is 0.257 e. The summed E-state index contributed by atoms with van der Waals surface area (Å²) in [6.45, 7) is 5.00. The number of nitrogens with zero attached hydrogens (tertiary/aromatic N) is 2. The van der Waals surface area contributed by atoms with Crippen molar-refractivity contribution in [1.82, 2.24) is 9.78 Å². The van der Waals surface area contributed by atoms with E-state index in [1.807, 2.05) is 13.8 Å². The first kappa shape index (κ1) is 19.4. The highest BCUT2D eigenvalue weighted by Gasteiger charge is 2.13. The van der Waals surface area contributed by atoms with Crippen molar-refractivity contribution in [3.8, 4) is 11.5 Å². The number of halogens is 1. The second-order valence-corrected chi connectivity index (χ2v) is 5.97. The molecule has 3 rings (SSSR count). The van der Waals surface area contributed by atoms with Gasteiger partial charge in [0.15, 0.2) is 17.3 Å². The maximum absolute atomic E-state index is 13.8. The van der Waals surface area contributed by atoms with Crippen LogP contribution in [0.5, 0.6) is 11.5 Å². The Morgan fingerprint density at radius 1 is 1.07 bits per heavy atom. The molecule has 7 heteroatoms. The predicted molar refractivity (Wildman–Crippen MR) is 104 cm³/mol. The molecule has 1 N–H and O–H groups in total. The SMILES string of the molecule is CCOc1ccc(C(=O)Nc2ccn(Cc3ccccc3F)n2)cc1OCC. The Morgan fingerprint density at radius 3 is 2.57 bits per heavy atom. The summed E-state index contributed by atoms with van der Waals surface area (Å²) in [6.07, 6.45) is 1.69. The zero-order valence-corrected chi connectivity index (χ0v) is 15.8. The molecule has 0 radical (unpaired) electrons. The Hall–Kier alpha value is -3.35. The molecule has 0 spiro atoms. The molecule has 0 aliphatic carbocycles. The van der Waals surface area contributed by atoms with Crippen LogP contribution in [-0.2, 0) is 6.54 Å². The van der Waals surface area contributed by atoms with Gasteiger partial charge in [0.05, 0.1) is 19.8 Å². The number of anilines is 1. The van der Waals surface area contributed by atoms with Gasteiger partial charge in [0.25, 0.3) is 5.91 Å². The lowest BCUT2D eigenvalue weighted by Crippen LogP contribution is -2.13. The summed E-state index contributed by atoms with van der Waals surface area (Å²) in [5, 5.41) is 7.02. The van der Waals surface area contributed by atoms with E-state index < -0.39 is 0 Å². The van der Waals surface area contributed by atoms with Gasteiger partial charge >= 0.3 is 0 Å². The second kappa shape index (κ2) is 9.03. The number of aromatic nitrogens is 2. The van der Waals surface area contributed by atoms with Gasteiger partial charge in [-0.2, -0.15) is 5.10 Å². The number of carbonyl (C=O) groups is 1. The molecule has 1 heterocycles. The van der Waals surface area contributed by atoms with Crippen LogP contribution >= 0.6 is 0 Å². The van der Waals surface area contributed by atoms with Crippen LogP contribution in [0.15, 0.2) is 54.7 Å². The number of rotatable bonds is 8. The average Bonchev–Trinajstić information content (AvgIpc) is 3.12. The van der Waals surface area contributed by atoms with Crippen molar-refractivity contribution in [2.45, 2.75) is 20.4 Å². The molecule has 1 amide bonds. The molecule has 0 saturated heterocycles. The second-order valence-electron chi connectivity index (χ2n) is 5.97. The number of nitrogens with one attached hydrogen (secondary N) is 1. The van der Waals surface area contributed by atoms with Crippen LogP contribution in [0.3, 0.4) is 0 Å². The van der Waals surface area contributed by atoms with Gasteiger partial charge in [0.2, 0.25) is 0 Å². The van der Waals surface area contributed by atoms with Gasteiger partial charge in [-0.3, -0.25) is 9.48 Å². The van der Waals surface area contributed by atoms with Gasteiger partial charge in [0.1, 0.15) is 5.82 Å². The van der Waals surface area contributed by atoms with E-state index in [9.17, 15) is 9.18 Å². The Labute approximate surface area is 162 Å². The zero-order chi connectivity index (χ0) is 19.9. The maximum atomic E-state index is 13.8. The number of benzene rings is 2. The van der Waals surface area contributed by atoms with Crippen LogP contribution in [0.4, 0.5) is 10.2 Å². The summed E-state index contributed by atoms with van der Waals surface area (Å²) in [5.74, 6) is 0.881. The van der Waals surface area contributed by atoms with Crippen LogP contribution < -0.4 is 14.8 Å². The summed E-state index contributed by atoms with van der Waals surface area (Å²) in [6, 6.07) is 13.2. The molecule has 28 heavy (non-hydrogen) atoms. The highest BCUT2D eigenvalue weighted by molar-refractivity contribution is 6.04. The smallest absolute Gasteiger partial charge is 0.257 e. The molecule has 2 aromatic carbocycles. The lowest BCUT2D eigenvalue weighted by Gasteiger charge is -2.12. The Bertz CT molecular complexity index is 956. The molecule has 1 aromatic heterocycles. The van der Waals surface area contributed by atoms with E-state index in [1.54, 1.807) is 53.3 Å². The first-order valence-corrected chi connectivity index (χ1v) is 9.08. The Morgan fingerprint density at radius 2 is 1.82 bits per heavy atom. The van der Waals surface area contributed by atoms with E-state index in [1.165, 1.54) is 6.07 Å². The fourth-order valence-corrected chi connectivity index (χ4v) is 2.70. The molecule has 0 atom stereocenters. The standard InChI is InChI=1S/C21H22FN3O3/c1-3-27-18-10-9-15(13-19(18)28-4-2)21(26)23-20-11-12-25(24-20)14-16-7-5-6-8-17(16)22/h5-13H,3-4,14H2,1-2H3,(H,23,24,26). The van der Waals surface area contributed by atoms with E-state index in [0.29, 0.717) is 41.7 Å². The van der Waals surface area contributed by atoms with Gasteiger partial charge in [-0.15, -0.1) is 0 Å². The molecule has 3 aromatic rings. The van der Waals surface area contributed by atoms with Gasteiger partial charge < -0.3 is 14.8 Å². The molecular weight excluding hydrogens is 361 g/mol. The normalized spacial score (nSPS) is 10.5. The molecule has 0 aliphatic heterocycles. The van der Waals surface area contributed by atoms with Crippen LogP contribution in [-0.4, -0.2) is 28.9 Å². The van der Waals surface area contributed by atoms with Crippen LogP contribution in [0.25, 0.3) is 0 Å². The largest absolute Gasteiger partial charge is 0.490 e. The fourth-order valence-electron chi connectivity index (χ4n) is 2.70. The quantitative estimate of drug-likeness (QED) is 0.635. The Balaban J connectivity index is 1.70. The molecule has 6 nitrogen and oxygen atoms in total. The number of hydrogen-bond donors (Lipinski definition) is 1. The van der Waals surface area contributed by atoms with Crippen molar-refractivity contribution < 1.29 is 18.7 Å². The predicted octanol–water partition coefficient (Wildman–Crippen LogP) is 4.12. The van der Waals surface area contributed by atoms with Gasteiger partial charge in [-0.25, -0.2) is 4.39 Å². The third kappa shape index (κ3) is 4.68. The monoisotopic (exact) mass is 383 g/mol. The van der Waals surface area contributed by atoms with Crippen molar-refractivity contribution in [1.29, 1.82) is 0 Å².